The lowest BCUT2D eigenvalue weighted by molar-refractivity contribution is 0.00308. The van der Waals surface area contributed by atoms with Crippen LogP contribution in [-0.2, 0) is 6.42 Å². The standard InChI is InChI=1S/C30H26O11/c31-14-3-4-15(19(34)9-14)25-26-24(41-30(28(25)39)13-2-6-18(33)21(36)8-13)11-23-16(27(26)38)10-22(37)29(40-23)12-1-5-17(32)20(35)7-12/h1-9,11,22,25,28-39H,10H2/t22-,25-,28-,29+,30+/m0/s1. The molecule has 0 unspecified atom stereocenters. The average Bonchev–Trinajstić information content (AvgIpc) is 2.93. The molecular formula is C30H26O11. The smallest absolute Gasteiger partial charge is 0.157 e. The fraction of sp³-hybridized carbons (Fsp3) is 0.200. The van der Waals surface area contributed by atoms with Crippen molar-refractivity contribution in [2.24, 2.45) is 0 Å². The van der Waals surface area contributed by atoms with E-state index < -0.39 is 41.8 Å². The van der Waals surface area contributed by atoms with E-state index in [0.717, 1.165) is 6.07 Å². The molecule has 0 aromatic heterocycles. The molecule has 9 N–H and O–H groups in total. The molecule has 11 heteroatoms. The van der Waals surface area contributed by atoms with Crippen molar-refractivity contribution >= 4 is 0 Å². The fourth-order valence-corrected chi connectivity index (χ4v) is 5.59. The number of hydrogen-bond acceptors (Lipinski definition) is 11. The van der Waals surface area contributed by atoms with E-state index in [1.807, 2.05) is 0 Å². The van der Waals surface area contributed by atoms with Crippen molar-refractivity contribution in [1.29, 1.82) is 0 Å². The summed E-state index contributed by atoms with van der Waals surface area (Å²) >= 11 is 0. The Bertz CT molecular complexity index is 1670. The molecule has 212 valence electrons. The zero-order valence-corrected chi connectivity index (χ0v) is 21.2. The van der Waals surface area contributed by atoms with Crippen LogP contribution < -0.4 is 9.47 Å². The number of phenolic OH excluding ortho intramolecular Hbond substituents is 7. The molecule has 11 nitrogen and oxygen atoms in total. The molecule has 2 heterocycles. The van der Waals surface area contributed by atoms with Gasteiger partial charge in [0.05, 0.1) is 6.10 Å². The maximum Gasteiger partial charge on any atom is 0.157 e. The van der Waals surface area contributed by atoms with E-state index in [2.05, 4.69) is 0 Å². The van der Waals surface area contributed by atoms with E-state index in [0.29, 0.717) is 5.56 Å². The van der Waals surface area contributed by atoms with Gasteiger partial charge in [0.1, 0.15) is 41.0 Å². The number of benzene rings is 4. The summed E-state index contributed by atoms with van der Waals surface area (Å²) in [5.74, 6) is -3.34. The van der Waals surface area contributed by atoms with E-state index in [1.165, 1.54) is 54.6 Å². The highest BCUT2D eigenvalue weighted by Gasteiger charge is 2.45. The van der Waals surface area contributed by atoms with Crippen molar-refractivity contribution in [2.75, 3.05) is 0 Å². The summed E-state index contributed by atoms with van der Waals surface area (Å²) < 4.78 is 12.2. The monoisotopic (exact) mass is 562 g/mol. The summed E-state index contributed by atoms with van der Waals surface area (Å²) in [6.45, 7) is 0. The quantitative estimate of drug-likeness (QED) is 0.166. The van der Waals surface area contributed by atoms with Crippen LogP contribution in [0.3, 0.4) is 0 Å². The zero-order valence-electron chi connectivity index (χ0n) is 21.2. The molecule has 0 aliphatic carbocycles. The van der Waals surface area contributed by atoms with Gasteiger partial charge in [0, 0.05) is 41.2 Å². The highest BCUT2D eigenvalue weighted by molar-refractivity contribution is 5.64. The Labute approximate surface area is 232 Å². The van der Waals surface area contributed by atoms with Crippen LogP contribution >= 0.6 is 0 Å². The highest BCUT2D eigenvalue weighted by atomic mass is 16.5. The molecule has 0 saturated heterocycles. The van der Waals surface area contributed by atoms with E-state index in [9.17, 15) is 46.0 Å². The van der Waals surface area contributed by atoms with Gasteiger partial charge in [-0.2, -0.15) is 0 Å². The van der Waals surface area contributed by atoms with Gasteiger partial charge in [0.2, 0.25) is 0 Å². The predicted octanol–water partition coefficient (Wildman–Crippen LogP) is 3.29. The predicted molar refractivity (Wildman–Crippen MR) is 142 cm³/mol. The lowest BCUT2D eigenvalue weighted by atomic mass is 9.78. The summed E-state index contributed by atoms with van der Waals surface area (Å²) in [6, 6.07) is 13.2. The second kappa shape index (κ2) is 9.58. The van der Waals surface area contributed by atoms with E-state index >= 15 is 0 Å². The molecule has 4 aromatic carbocycles. The number of fused-ring (bicyclic) bond motifs is 2. The van der Waals surface area contributed by atoms with Crippen LogP contribution in [-0.4, -0.2) is 58.2 Å². The van der Waals surface area contributed by atoms with Crippen LogP contribution in [0.1, 0.15) is 45.9 Å². The second-order valence-corrected chi connectivity index (χ2v) is 10.2. The number of aliphatic hydroxyl groups is 2. The fourth-order valence-electron chi connectivity index (χ4n) is 5.59. The molecule has 0 radical (unpaired) electrons. The van der Waals surface area contributed by atoms with Gasteiger partial charge in [-0.1, -0.05) is 18.2 Å². The second-order valence-electron chi connectivity index (χ2n) is 10.2. The Kier molecular flexibility index (Phi) is 6.13. The average molecular weight is 563 g/mol. The van der Waals surface area contributed by atoms with Gasteiger partial charge in [-0.25, -0.2) is 0 Å². The molecule has 0 saturated carbocycles. The number of ether oxygens (including phenoxy) is 2. The molecule has 0 fully saturated rings. The van der Waals surface area contributed by atoms with Gasteiger partial charge >= 0.3 is 0 Å². The number of phenols is 7. The molecular weight excluding hydrogens is 536 g/mol. The Morgan fingerprint density at radius 2 is 1.20 bits per heavy atom. The van der Waals surface area contributed by atoms with Gasteiger partial charge in [-0.3, -0.25) is 0 Å². The first-order valence-corrected chi connectivity index (χ1v) is 12.7. The third kappa shape index (κ3) is 4.31. The first-order chi connectivity index (χ1) is 19.5. The largest absolute Gasteiger partial charge is 0.508 e. The van der Waals surface area contributed by atoms with Crippen molar-refractivity contribution in [3.05, 3.63) is 88.5 Å². The van der Waals surface area contributed by atoms with E-state index in [4.69, 9.17) is 9.47 Å². The molecule has 4 aromatic rings. The first kappa shape index (κ1) is 26.2. The summed E-state index contributed by atoms with van der Waals surface area (Å²) in [7, 11) is 0. The summed E-state index contributed by atoms with van der Waals surface area (Å²) in [4.78, 5) is 0. The molecule has 2 aliphatic rings. The summed E-state index contributed by atoms with van der Waals surface area (Å²) in [5, 5.41) is 94.1. The lowest BCUT2D eigenvalue weighted by Crippen LogP contribution is -2.36. The Morgan fingerprint density at radius 1 is 0.585 bits per heavy atom. The molecule has 6 rings (SSSR count). The SMILES string of the molecule is Oc1ccc([C@H]2c3c(cc4c(c3O)C[C@H](O)[C@@H](c3ccc(O)c(O)c3)O4)O[C@H](c3ccc(O)c(O)c3)[C@H]2O)c(O)c1. The number of aliphatic hydroxyl groups excluding tert-OH is 2. The van der Waals surface area contributed by atoms with Crippen molar-refractivity contribution in [1.82, 2.24) is 0 Å². The van der Waals surface area contributed by atoms with Gasteiger partial charge in [0.15, 0.2) is 29.1 Å². The van der Waals surface area contributed by atoms with Gasteiger partial charge < -0.3 is 55.4 Å². The number of aromatic hydroxyl groups is 7. The molecule has 2 aliphatic heterocycles. The molecule has 0 bridgehead atoms. The third-order valence-electron chi connectivity index (χ3n) is 7.60. The topological polar surface area (TPSA) is 201 Å². The lowest BCUT2D eigenvalue weighted by Gasteiger charge is -2.40. The minimum Gasteiger partial charge on any atom is -0.508 e. The third-order valence-corrected chi connectivity index (χ3v) is 7.60. The van der Waals surface area contributed by atoms with Gasteiger partial charge in [-0.15, -0.1) is 0 Å². The number of hydrogen-bond donors (Lipinski definition) is 9. The van der Waals surface area contributed by atoms with E-state index in [-0.39, 0.29) is 68.9 Å². The van der Waals surface area contributed by atoms with Gasteiger partial charge in [-0.05, 0) is 41.5 Å². The van der Waals surface area contributed by atoms with Crippen LogP contribution in [0.15, 0.2) is 60.7 Å². The normalized spacial score (nSPS) is 23.1. The zero-order chi connectivity index (χ0) is 29.2. The van der Waals surface area contributed by atoms with Crippen LogP contribution in [0, 0.1) is 0 Å². The van der Waals surface area contributed by atoms with Crippen LogP contribution in [0.25, 0.3) is 0 Å². The molecule has 0 spiro atoms. The number of rotatable bonds is 3. The van der Waals surface area contributed by atoms with E-state index in [1.54, 1.807) is 0 Å². The highest BCUT2D eigenvalue weighted by Crippen LogP contribution is 2.55. The van der Waals surface area contributed by atoms with Crippen LogP contribution in [0.2, 0.25) is 0 Å². The minimum absolute atomic E-state index is 0.0743. The van der Waals surface area contributed by atoms with Crippen molar-refractivity contribution < 1.29 is 55.4 Å². The maximum atomic E-state index is 11.6. The first-order valence-electron chi connectivity index (χ1n) is 12.7. The summed E-state index contributed by atoms with van der Waals surface area (Å²) in [5.41, 5.74) is 1.14. The Balaban J connectivity index is 1.50. The van der Waals surface area contributed by atoms with Crippen molar-refractivity contribution in [3.8, 4) is 51.7 Å². The van der Waals surface area contributed by atoms with Crippen LogP contribution in [0.4, 0.5) is 0 Å². The van der Waals surface area contributed by atoms with Crippen molar-refractivity contribution in [3.63, 3.8) is 0 Å². The molecule has 0 amide bonds. The minimum atomic E-state index is -1.44. The van der Waals surface area contributed by atoms with Crippen LogP contribution in [0.5, 0.6) is 51.7 Å². The van der Waals surface area contributed by atoms with Gasteiger partial charge in [0.25, 0.3) is 0 Å². The Morgan fingerprint density at radius 3 is 1.80 bits per heavy atom. The maximum absolute atomic E-state index is 11.6. The summed E-state index contributed by atoms with van der Waals surface area (Å²) in [6.07, 6.45) is -4.81. The van der Waals surface area contributed by atoms with Crippen molar-refractivity contribution in [2.45, 2.75) is 36.8 Å². The Hall–Kier alpha value is -5.00. The molecule has 5 atom stereocenters. The molecule has 41 heavy (non-hydrogen) atoms.